The minimum absolute atomic E-state index is 0.414. The van der Waals surface area contributed by atoms with E-state index in [1.54, 1.807) is 4.98 Å². The Bertz CT molecular complexity index is 615. The van der Waals surface area contributed by atoms with Gasteiger partial charge in [0.15, 0.2) is 0 Å². The molecule has 86 valence electrons. The fourth-order valence-electron chi connectivity index (χ4n) is 1.09. The van der Waals surface area contributed by atoms with Crippen molar-refractivity contribution in [2.75, 3.05) is 0 Å². The maximum absolute atomic E-state index is 12.5. The molecule has 1 aromatic rings. The number of rotatable bonds is 2. The highest BCUT2D eigenvalue weighted by atomic mass is 32.2. The van der Waals surface area contributed by atoms with E-state index in [1.165, 1.54) is 6.07 Å². The fraction of sp³-hybridized carbons (Fsp3) is 0.143. The van der Waals surface area contributed by atoms with Gasteiger partial charge in [0, 0.05) is 6.07 Å². The van der Waals surface area contributed by atoms with Gasteiger partial charge >= 0.3 is 0 Å². The molecule has 0 saturated heterocycles. The number of hydrogen-bond acceptors (Lipinski definition) is 4. The first-order valence-corrected chi connectivity index (χ1v) is 5.30. The van der Waals surface area contributed by atoms with Gasteiger partial charge < -0.3 is 4.98 Å². The van der Waals surface area contributed by atoms with Gasteiger partial charge in [-0.1, -0.05) is 0 Å². The van der Waals surface area contributed by atoms with E-state index in [2.05, 4.69) is 5.14 Å². The zero-order valence-corrected chi connectivity index (χ0v) is 8.38. The molecule has 1 aromatic heterocycles. The summed E-state index contributed by atoms with van der Waals surface area (Å²) in [6.07, 6.45) is -3.24. The summed E-state index contributed by atoms with van der Waals surface area (Å²) in [7, 11) is -4.48. The third kappa shape index (κ3) is 2.23. The molecule has 0 aliphatic heterocycles. The Morgan fingerprint density at radius 1 is 1.50 bits per heavy atom. The minimum Gasteiger partial charge on any atom is -0.313 e. The average molecular weight is 249 g/mol. The first-order chi connectivity index (χ1) is 7.27. The molecule has 0 fully saturated rings. The topological polar surface area (TPSA) is 117 Å². The van der Waals surface area contributed by atoms with Crippen molar-refractivity contribution in [3.63, 3.8) is 0 Å². The van der Waals surface area contributed by atoms with Gasteiger partial charge in [0.25, 0.3) is 6.43 Å². The van der Waals surface area contributed by atoms with Crippen LogP contribution < -0.4 is 10.7 Å². The number of aromatic amines is 1. The van der Waals surface area contributed by atoms with Crippen LogP contribution >= 0.6 is 0 Å². The van der Waals surface area contributed by atoms with Crippen LogP contribution in [0.2, 0.25) is 0 Å². The van der Waals surface area contributed by atoms with Crippen molar-refractivity contribution in [1.29, 1.82) is 5.26 Å². The molecular weight excluding hydrogens is 244 g/mol. The first-order valence-electron chi connectivity index (χ1n) is 3.75. The number of nitrogens with one attached hydrogen (secondary N) is 1. The molecule has 0 unspecified atom stereocenters. The zero-order chi connectivity index (χ0) is 12.5. The highest BCUT2D eigenvalue weighted by Gasteiger charge is 2.25. The van der Waals surface area contributed by atoms with Gasteiger partial charge in [0.05, 0.1) is 10.5 Å². The first kappa shape index (κ1) is 12.3. The maximum Gasteiger partial charge on any atom is 0.267 e. The molecule has 9 heteroatoms. The molecule has 0 spiro atoms. The molecule has 0 radical (unpaired) electrons. The smallest absolute Gasteiger partial charge is 0.267 e. The highest BCUT2D eigenvalue weighted by Crippen LogP contribution is 2.26. The number of alkyl halides is 2. The van der Waals surface area contributed by atoms with Gasteiger partial charge in [-0.25, -0.2) is 22.3 Å². The molecule has 0 aliphatic carbocycles. The van der Waals surface area contributed by atoms with Crippen LogP contribution in [0.4, 0.5) is 8.78 Å². The van der Waals surface area contributed by atoms with Crippen molar-refractivity contribution < 1.29 is 17.2 Å². The lowest BCUT2D eigenvalue weighted by Gasteiger charge is -2.07. The number of H-pyrrole nitrogens is 1. The number of nitriles is 1. The van der Waals surface area contributed by atoms with Gasteiger partial charge in [-0.3, -0.25) is 4.79 Å². The van der Waals surface area contributed by atoms with E-state index < -0.39 is 38.2 Å². The summed E-state index contributed by atoms with van der Waals surface area (Å²) >= 11 is 0. The van der Waals surface area contributed by atoms with E-state index in [0.717, 1.165) is 0 Å². The van der Waals surface area contributed by atoms with Crippen LogP contribution in [0.5, 0.6) is 0 Å². The van der Waals surface area contributed by atoms with Crippen molar-refractivity contribution in [3.05, 3.63) is 27.7 Å². The monoisotopic (exact) mass is 249 g/mol. The third-order valence-electron chi connectivity index (χ3n) is 1.68. The summed E-state index contributed by atoms with van der Waals surface area (Å²) in [4.78, 5) is 11.7. The maximum atomic E-state index is 12.5. The Hall–Kier alpha value is -1.79. The minimum atomic E-state index is -4.48. The molecule has 6 nitrogen and oxygen atoms in total. The normalized spacial score (nSPS) is 11.4. The van der Waals surface area contributed by atoms with Crippen molar-refractivity contribution in [2.45, 2.75) is 11.3 Å². The van der Waals surface area contributed by atoms with E-state index >= 15 is 0 Å². The van der Waals surface area contributed by atoms with Crippen LogP contribution in [0.1, 0.15) is 17.7 Å². The molecule has 0 atom stereocenters. The largest absolute Gasteiger partial charge is 0.313 e. The summed E-state index contributed by atoms with van der Waals surface area (Å²) in [5.41, 5.74) is -2.90. The molecule has 3 N–H and O–H groups in total. The number of nitrogens with two attached hydrogens (primary N) is 1. The predicted molar refractivity (Wildman–Crippen MR) is 48.1 cm³/mol. The molecule has 1 rings (SSSR count). The van der Waals surface area contributed by atoms with E-state index in [9.17, 15) is 22.0 Å². The lowest BCUT2D eigenvalue weighted by atomic mass is 10.2. The van der Waals surface area contributed by atoms with Gasteiger partial charge in [0.2, 0.25) is 15.6 Å². The molecule has 0 amide bonds. The quantitative estimate of drug-likeness (QED) is 0.756. The molecule has 1 heterocycles. The number of halogens is 2. The van der Waals surface area contributed by atoms with E-state index in [0.29, 0.717) is 6.07 Å². The van der Waals surface area contributed by atoms with Crippen molar-refractivity contribution in [3.8, 4) is 6.07 Å². The van der Waals surface area contributed by atoms with E-state index in [-0.39, 0.29) is 0 Å². The average Bonchev–Trinajstić information content (AvgIpc) is 2.14. The number of nitrogens with zero attached hydrogens (tertiary/aromatic N) is 1. The Labute approximate surface area is 88.4 Å². The summed E-state index contributed by atoms with van der Waals surface area (Å²) in [6, 6.07) is 1.69. The molecule has 0 aromatic carbocycles. The van der Waals surface area contributed by atoms with Gasteiger partial charge in [-0.2, -0.15) is 5.26 Å². The SMILES string of the molecule is N#Cc1[nH]c(=O)cc(S(N)(=O)=O)c1C(F)F. The Kier molecular flexibility index (Phi) is 3.06. The summed E-state index contributed by atoms with van der Waals surface area (Å²) in [5, 5.41) is 13.2. The number of pyridine rings is 1. The van der Waals surface area contributed by atoms with Crippen LogP contribution in [-0.2, 0) is 10.0 Å². The summed E-state index contributed by atoms with van der Waals surface area (Å²) < 4.78 is 47.0. The molecule has 16 heavy (non-hydrogen) atoms. The number of primary sulfonamides is 1. The number of hydrogen-bond donors (Lipinski definition) is 2. The van der Waals surface area contributed by atoms with Crippen molar-refractivity contribution >= 4 is 10.0 Å². The number of sulfonamides is 1. The molecule has 0 aliphatic rings. The fourth-order valence-corrected chi connectivity index (χ4v) is 1.86. The molecule has 0 bridgehead atoms. The second-order valence-corrected chi connectivity index (χ2v) is 4.27. The van der Waals surface area contributed by atoms with Crippen LogP contribution in [0.25, 0.3) is 0 Å². The van der Waals surface area contributed by atoms with Crippen LogP contribution in [0.3, 0.4) is 0 Å². The lowest BCUT2D eigenvalue weighted by molar-refractivity contribution is 0.147. The van der Waals surface area contributed by atoms with E-state index in [1.807, 2.05) is 0 Å². The van der Waals surface area contributed by atoms with Gasteiger partial charge in [-0.05, 0) is 0 Å². The Morgan fingerprint density at radius 2 is 2.06 bits per heavy atom. The number of aromatic nitrogens is 1. The molecule has 0 saturated carbocycles. The Balaban J connectivity index is 3.81. The second kappa shape index (κ2) is 3.99. The van der Waals surface area contributed by atoms with Gasteiger partial charge in [0.1, 0.15) is 11.8 Å². The van der Waals surface area contributed by atoms with Crippen LogP contribution in [-0.4, -0.2) is 13.4 Å². The summed E-state index contributed by atoms with van der Waals surface area (Å²) in [5.74, 6) is 0. The van der Waals surface area contributed by atoms with Crippen molar-refractivity contribution in [2.24, 2.45) is 5.14 Å². The van der Waals surface area contributed by atoms with Crippen LogP contribution in [0.15, 0.2) is 15.8 Å². The lowest BCUT2D eigenvalue weighted by Crippen LogP contribution is -2.21. The zero-order valence-electron chi connectivity index (χ0n) is 7.57. The Morgan fingerprint density at radius 3 is 2.44 bits per heavy atom. The second-order valence-electron chi connectivity index (χ2n) is 2.74. The standard InChI is InChI=1S/C7H5F2N3O3S/c8-7(9)6-3(2-10)12-5(13)1-4(6)16(11,14)15/h1,7H,(H,12,13)(H2,11,14,15). The third-order valence-corrected chi connectivity index (χ3v) is 2.63. The predicted octanol–water partition coefficient (Wildman–Crippen LogP) is -0.168. The van der Waals surface area contributed by atoms with Crippen molar-refractivity contribution in [1.82, 2.24) is 4.98 Å². The van der Waals surface area contributed by atoms with E-state index in [4.69, 9.17) is 5.26 Å². The van der Waals surface area contributed by atoms with Crippen LogP contribution in [0, 0.1) is 11.3 Å². The highest BCUT2D eigenvalue weighted by molar-refractivity contribution is 7.89. The van der Waals surface area contributed by atoms with Gasteiger partial charge in [-0.15, -0.1) is 0 Å². The summed E-state index contributed by atoms with van der Waals surface area (Å²) in [6.45, 7) is 0. The molecular formula is C7H5F2N3O3S.